The minimum absolute atomic E-state index is 0.0301. The average molecular weight is 302 g/mol. The van der Waals surface area contributed by atoms with E-state index in [1.165, 1.54) is 17.5 Å². The summed E-state index contributed by atoms with van der Waals surface area (Å²) in [5, 5.41) is 2.74. The van der Waals surface area contributed by atoms with Gasteiger partial charge in [0.25, 0.3) is 0 Å². The van der Waals surface area contributed by atoms with E-state index in [4.69, 9.17) is 0 Å². The maximum atomic E-state index is 11.9. The summed E-state index contributed by atoms with van der Waals surface area (Å²) in [5.41, 5.74) is 2.50. The van der Waals surface area contributed by atoms with Gasteiger partial charge in [-0.3, -0.25) is 9.59 Å². The first-order valence-electron chi connectivity index (χ1n) is 8.25. The van der Waals surface area contributed by atoms with Crippen LogP contribution in [0.2, 0.25) is 0 Å². The van der Waals surface area contributed by atoms with Gasteiger partial charge in [0.15, 0.2) is 0 Å². The van der Waals surface area contributed by atoms with Crippen LogP contribution in [-0.4, -0.2) is 36.3 Å². The number of hydrogen-bond donors (Lipinski definition) is 1. The van der Waals surface area contributed by atoms with E-state index in [0.717, 1.165) is 38.8 Å². The van der Waals surface area contributed by atoms with E-state index in [2.05, 4.69) is 36.5 Å². The van der Waals surface area contributed by atoms with Crippen LogP contribution in [0.25, 0.3) is 0 Å². The highest BCUT2D eigenvalue weighted by Gasteiger charge is 2.16. The first-order chi connectivity index (χ1) is 10.6. The van der Waals surface area contributed by atoms with Crippen molar-refractivity contribution in [1.82, 2.24) is 10.2 Å². The van der Waals surface area contributed by atoms with Crippen molar-refractivity contribution < 1.29 is 9.59 Å². The highest BCUT2D eigenvalue weighted by atomic mass is 16.2. The van der Waals surface area contributed by atoms with Crippen LogP contribution in [0, 0.1) is 6.92 Å². The Morgan fingerprint density at radius 2 is 1.77 bits per heavy atom. The molecule has 0 saturated carbocycles. The van der Waals surface area contributed by atoms with Crippen molar-refractivity contribution in [3.8, 4) is 0 Å². The number of nitrogens with zero attached hydrogens (tertiary/aromatic N) is 1. The molecule has 1 aromatic rings. The smallest absolute Gasteiger partial charge is 0.241 e. The zero-order chi connectivity index (χ0) is 15.8. The van der Waals surface area contributed by atoms with E-state index < -0.39 is 0 Å². The molecular weight excluding hydrogens is 276 g/mol. The Hall–Kier alpha value is -1.84. The summed E-state index contributed by atoms with van der Waals surface area (Å²) in [4.78, 5) is 25.6. The van der Waals surface area contributed by atoms with Crippen LogP contribution in [0.15, 0.2) is 24.3 Å². The molecule has 0 aliphatic carbocycles. The monoisotopic (exact) mass is 302 g/mol. The summed E-state index contributed by atoms with van der Waals surface area (Å²) < 4.78 is 0. The normalized spacial score (nSPS) is 14.7. The van der Waals surface area contributed by atoms with Gasteiger partial charge < -0.3 is 10.2 Å². The van der Waals surface area contributed by atoms with E-state index >= 15 is 0 Å². The molecule has 2 amide bonds. The van der Waals surface area contributed by atoms with Crippen molar-refractivity contribution in [1.29, 1.82) is 0 Å². The molecule has 1 N–H and O–H groups in total. The van der Waals surface area contributed by atoms with E-state index in [1.807, 2.05) is 4.90 Å². The lowest BCUT2D eigenvalue weighted by Crippen LogP contribution is -2.42. The maximum Gasteiger partial charge on any atom is 0.241 e. The van der Waals surface area contributed by atoms with Gasteiger partial charge in [-0.15, -0.1) is 0 Å². The second-order valence-electron chi connectivity index (χ2n) is 6.06. The maximum absolute atomic E-state index is 11.9. The molecule has 0 bridgehead atoms. The zero-order valence-corrected chi connectivity index (χ0v) is 13.4. The lowest BCUT2D eigenvalue weighted by atomic mass is 10.1. The summed E-state index contributed by atoms with van der Waals surface area (Å²) in [7, 11) is 0. The number of nitrogens with one attached hydrogen (secondary N) is 1. The Balaban J connectivity index is 1.61. The second kappa shape index (κ2) is 8.57. The van der Waals surface area contributed by atoms with Gasteiger partial charge in [0.05, 0.1) is 6.54 Å². The number of piperidine rings is 1. The summed E-state index contributed by atoms with van der Waals surface area (Å²) >= 11 is 0. The summed E-state index contributed by atoms with van der Waals surface area (Å²) in [6, 6.07) is 8.39. The van der Waals surface area contributed by atoms with Gasteiger partial charge in [0.2, 0.25) is 11.8 Å². The van der Waals surface area contributed by atoms with Crippen LogP contribution in [-0.2, 0) is 16.0 Å². The molecule has 2 rings (SSSR count). The number of aryl methyl sites for hydroxylation is 2. The minimum atomic E-state index is -0.0301. The van der Waals surface area contributed by atoms with Crippen molar-refractivity contribution in [2.45, 2.75) is 45.4 Å². The molecule has 0 spiro atoms. The second-order valence-corrected chi connectivity index (χ2v) is 6.06. The Labute approximate surface area is 132 Å². The summed E-state index contributed by atoms with van der Waals surface area (Å²) in [6.45, 7) is 3.88. The SMILES string of the molecule is Cc1ccc(CCCC(=O)NCC(=O)N2CCCCC2)cc1. The predicted octanol–water partition coefficient (Wildman–Crippen LogP) is 2.45. The van der Waals surface area contributed by atoms with Crippen molar-refractivity contribution >= 4 is 11.8 Å². The van der Waals surface area contributed by atoms with Gasteiger partial charge in [0, 0.05) is 19.5 Å². The number of rotatable bonds is 6. The third kappa shape index (κ3) is 5.51. The number of likely N-dealkylation sites (tertiary alicyclic amines) is 1. The molecule has 1 fully saturated rings. The third-order valence-electron chi connectivity index (χ3n) is 4.14. The third-order valence-corrected chi connectivity index (χ3v) is 4.14. The van der Waals surface area contributed by atoms with Gasteiger partial charge in [-0.2, -0.15) is 0 Å². The fourth-order valence-corrected chi connectivity index (χ4v) is 2.73. The molecule has 120 valence electrons. The average Bonchev–Trinajstić information content (AvgIpc) is 2.55. The van der Waals surface area contributed by atoms with Gasteiger partial charge in [-0.1, -0.05) is 29.8 Å². The van der Waals surface area contributed by atoms with E-state index in [0.29, 0.717) is 6.42 Å². The Morgan fingerprint density at radius 3 is 2.45 bits per heavy atom. The molecule has 1 aliphatic heterocycles. The minimum Gasteiger partial charge on any atom is -0.347 e. The molecule has 22 heavy (non-hydrogen) atoms. The topological polar surface area (TPSA) is 49.4 Å². The molecule has 0 unspecified atom stereocenters. The lowest BCUT2D eigenvalue weighted by Gasteiger charge is -2.26. The first-order valence-corrected chi connectivity index (χ1v) is 8.25. The molecule has 4 heteroatoms. The van der Waals surface area contributed by atoms with Gasteiger partial charge >= 0.3 is 0 Å². The van der Waals surface area contributed by atoms with Crippen LogP contribution in [0.4, 0.5) is 0 Å². The number of benzene rings is 1. The van der Waals surface area contributed by atoms with Crippen LogP contribution in [0.3, 0.4) is 0 Å². The van der Waals surface area contributed by atoms with Crippen molar-refractivity contribution in [3.05, 3.63) is 35.4 Å². The van der Waals surface area contributed by atoms with E-state index in [1.54, 1.807) is 0 Å². The largest absolute Gasteiger partial charge is 0.347 e. The Bertz CT molecular complexity index is 490. The standard InChI is InChI=1S/C18H26N2O2/c1-15-8-10-16(11-9-15)6-5-7-17(21)19-14-18(22)20-12-3-2-4-13-20/h8-11H,2-7,12-14H2,1H3,(H,19,21). The zero-order valence-electron chi connectivity index (χ0n) is 13.4. The lowest BCUT2D eigenvalue weighted by molar-refractivity contribution is -0.133. The fraction of sp³-hybridized carbons (Fsp3) is 0.556. The van der Waals surface area contributed by atoms with Crippen LogP contribution in [0.5, 0.6) is 0 Å². The molecule has 1 heterocycles. The Kier molecular flexibility index (Phi) is 6.44. The van der Waals surface area contributed by atoms with Gasteiger partial charge in [0.1, 0.15) is 0 Å². The molecule has 0 atom stereocenters. The molecule has 4 nitrogen and oxygen atoms in total. The van der Waals surface area contributed by atoms with Crippen LogP contribution >= 0.6 is 0 Å². The van der Waals surface area contributed by atoms with Crippen molar-refractivity contribution in [2.75, 3.05) is 19.6 Å². The summed E-state index contributed by atoms with van der Waals surface area (Å²) in [5.74, 6) is 0.0176. The number of amides is 2. The fourth-order valence-electron chi connectivity index (χ4n) is 2.73. The van der Waals surface area contributed by atoms with Gasteiger partial charge in [-0.05, 0) is 44.6 Å². The quantitative estimate of drug-likeness (QED) is 0.877. The van der Waals surface area contributed by atoms with E-state index in [-0.39, 0.29) is 18.4 Å². The van der Waals surface area contributed by atoms with Crippen molar-refractivity contribution in [2.24, 2.45) is 0 Å². The van der Waals surface area contributed by atoms with E-state index in [9.17, 15) is 9.59 Å². The van der Waals surface area contributed by atoms with Crippen LogP contribution in [0.1, 0.15) is 43.2 Å². The van der Waals surface area contributed by atoms with Crippen molar-refractivity contribution in [3.63, 3.8) is 0 Å². The molecule has 1 saturated heterocycles. The highest BCUT2D eigenvalue weighted by Crippen LogP contribution is 2.09. The molecule has 0 aromatic heterocycles. The number of carbonyl (C=O) groups excluding carboxylic acids is 2. The molecular formula is C18H26N2O2. The molecule has 0 radical (unpaired) electrons. The number of hydrogen-bond acceptors (Lipinski definition) is 2. The summed E-state index contributed by atoms with van der Waals surface area (Å²) in [6.07, 6.45) is 5.54. The highest BCUT2D eigenvalue weighted by molar-refractivity contribution is 5.84. The predicted molar refractivity (Wildman–Crippen MR) is 87.6 cm³/mol. The molecule has 1 aliphatic rings. The van der Waals surface area contributed by atoms with Crippen LogP contribution < -0.4 is 5.32 Å². The number of carbonyl (C=O) groups is 2. The van der Waals surface area contributed by atoms with Gasteiger partial charge in [-0.25, -0.2) is 0 Å². The Morgan fingerprint density at radius 1 is 1.09 bits per heavy atom. The first kappa shape index (κ1) is 16.5. The molecule has 1 aromatic carbocycles.